The fourth-order valence-corrected chi connectivity index (χ4v) is 2.36. The summed E-state index contributed by atoms with van der Waals surface area (Å²) >= 11 is 1.69. The van der Waals surface area contributed by atoms with E-state index in [0.29, 0.717) is 6.42 Å². The largest absolute Gasteiger partial charge is 0.388 e. The highest BCUT2D eigenvalue weighted by atomic mass is 32.1. The molecule has 0 radical (unpaired) electrons. The van der Waals surface area contributed by atoms with Crippen molar-refractivity contribution in [3.63, 3.8) is 0 Å². The lowest BCUT2D eigenvalue weighted by Crippen LogP contribution is -2.00. The standard InChI is InChI=1S/C13H14OS/c1-10-4-2-5-11(8-10)13(14)9-12-6-3-7-15-12/h2-8,13-14H,9H2,1H3. The summed E-state index contributed by atoms with van der Waals surface area (Å²) in [5, 5.41) is 12.1. The van der Waals surface area contributed by atoms with E-state index >= 15 is 0 Å². The third-order valence-corrected chi connectivity index (χ3v) is 3.30. The lowest BCUT2D eigenvalue weighted by molar-refractivity contribution is 0.179. The Balaban J connectivity index is 2.11. The third-order valence-electron chi connectivity index (χ3n) is 2.40. The van der Waals surface area contributed by atoms with Crippen LogP contribution in [0.4, 0.5) is 0 Å². The molecule has 15 heavy (non-hydrogen) atoms. The summed E-state index contributed by atoms with van der Waals surface area (Å²) in [6, 6.07) is 12.1. The van der Waals surface area contributed by atoms with Gasteiger partial charge in [-0.25, -0.2) is 0 Å². The van der Waals surface area contributed by atoms with Gasteiger partial charge in [-0.3, -0.25) is 0 Å². The lowest BCUT2D eigenvalue weighted by Gasteiger charge is -2.10. The molecule has 0 fully saturated rings. The number of aryl methyl sites for hydroxylation is 1. The zero-order valence-electron chi connectivity index (χ0n) is 8.68. The molecule has 1 atom stereocenters. The van der Waals surface area contributed by atoms with Crippen LogP contribution in [0.3, 0.4) is 0 Å². The Hall–Kier alpha value is -1.12. The maximum Gasteiger partial charge on any atom is 0.0838 e. The monoisotopic (exact) mass is 218 g/mol. The zero-order chi connectivity index (χ0) is 10.7. The molecular weight excluding hydrogens is 204 g/mol. The minimum atomic E-state index is -0.386. The molecule has 2 heteroatoms. The second-order valence-corrected chi connectivity index (χ2v) is 4.75. The normalized spacial score (nSPS) is 12.7. The quantitative estimate of drug-likeness (QED) is 0.837. The number of benzene rings is 1. The molecule has 1 nitrogen and oxygen atoms in total. The summed E-state index contributed by atoms with van der Waals surface area (Å²) in [4.78, 5) is 1.23. The van der Waals surface area contributed by atoms with Gasteiger partial charge in [0.25, 0.3) is 0 Å². The van der Waals surface area contributed by atoms with E-state index < -0.39 is 0 Å². The van der Waals surface area contributed by atoms with Crippen LogP contribution in [0.25, 0.3) is 0 Å². The van der Waals surface area contributed by atoms with Crippen molar-refractivity contribution in [2.24, 2.45) is 0 Å². The van der Waals surface area contributed by atoms with E-state index in [1.165, 1.54) is 10.4 Å². The zero-order valence-corrected chi connectivity index (χ0v) is 9.50. The van der Waals surface area contributed by atoms with Crippen LogP contribution in [0.2, 0.25) is 0 Å². The minimum absolute atomic E-state index is 0.386. The maximum atomic E-state index is 10.0. The Morgan fingerprint density at radius 2 is 2.13 bits per heavy atom. The fraction of sp³-hybridized carbons (Fsp3) is 0.231. The van der Waals surface area contributed by atoms with Crippen LogP contribution >= 0.6 is 11.3 Å². The van der Waals surface area contributed by atoms with E-state index in [1.54, 1.807) is 11.3 Å². The van der Waals surface area contributed by atoms with Crippen molar-refractivity contribution in [3.05, 3.63) is 57.8 Å². The van der Waals surface area contributed by atoms with Crippen molar-refractivity contribution in [1.29, 1.82) is 0 Å². The van der Waals surface area contributed by atoms with Gasteiger partial charge in [-0.2, -0.15) is 0 Å². The van der Waals surface area contributed by atoms with Crippen molar-refractivity contribution >= 4 is 11.3 Å². The Kier molecular flexibility index (Phi) is 3.19. The third kappa shape index (κ3) is 2.67. The summed E-state index contributed by atoms with van der Waals surface area (Å²) < 4.78 is 0. The predicted molar refractivity (Wildman–Crippen MR) is 64.2 cm³/mol. The second-order valence-electron chi connectivity index (χ2n) is 3.71. The van der Waals surface area contributed by atoms with Crippen molar-refractivity contribution in [2.45, 2.75) is 19.4 Å². The van der Waals surface area contributed by atoms with E-state index in [-0.39, 0.29) is 6.10 Å². The molecule has 0 aliphatic heterocycles. The first kappa shape index (κ1) is 10.4. The average Bonchev–Trinajstić information content (AvgIpc) is 2.70. The molecule has 0 amide bonds. The molecular formula is C13H14OS. The molecule has 0 bridgehead atoms. The Morgan fingerprint density at radius 3 is 2.80 bits per heavy atom. The molecule has 1 heterocycles. The van der Waals surface area contributed by atoms with Crippen LogP contribution in [0.15, 0.2) is 41.8 Å². The fourth-order valence-electron chi connectivity index (χ4n) is 1.61. The Morgan fingerprint density at radius 1 is 1.27 bits per heavy atom. The molecule has 2 rings (SSSR count). The summed E-state index contributed by atoms with van der Waals surface area (Å²) in [6.07, 6.45) is 0.324. The Bertz CT molecular complexity index is 420. The number of hydrogen-bond donors (Lipinski definition) is 1. The van der Waals surface area contributed by atoms with Gasteiger partial charge in [0, 0.05) is 11.3 Å². The highest BCUT2D eigenvalue weighted by molar-refractivity contribution is 7.09. The van der Waals surface area contributed by atoms with E-state index in [0.717, 1.165) is 5.56 Å². The number of aliphatic hydroxyl groups excluding tert-OH is 1. The average molecular weight is 218 g/mol. The molecule has 0 spiro atoms. The first-order valence-corrected chi connectivity index (χ1v) is 5.90. The first-order chi connectivity index (χ1) is 7.25. The van der Waals surface area contributed by atoms with E-state index in [2.05, 4.69) is 6.07 Å². The second kappa shape index (κ2) is 4.60. The Labute approximate surface area is 94.0 Å². The smallest absolute Gasteiger partial charge is 0.0838 e. The van der Waals surface area contributed by atoms with Gasteiger partial charge in [0.05, 0.1) is 6.10 Å². The highest BCUT2D eigenvalue weighted by Crippen LogP contribution is 2.21. The number of thiophene rings is 1. The minimum Gasteiger partial charge on any atom is -0.388 e. The first-order valence-electron chi connectivity index (χ1n) is 5.03. The van der Waals surface area contributed by atoms with Crippen LogP contribution in [-0.2, 0) is 6.42 Å². The molecule has 2 aromatic rings. The van der Waals surface area contributed by atoms with Crippen molar-refractivity contribution in [1.82, 2.24) is 0 Å². The van der Waals surface area contributed by atoms with Crippen LogP contribution in [0.1, 0.15) is 22.1 Å². The van der Waals surface area contributed by atoms with E-state index in [9.17, 15) is 5.11 Å². The molecule has 0 aliphatic carbocycles. The van der Waals surface area contributed by atoms with Gasteiger partial charge < -0.3 is 5.11 Å². The van der Waals surface area contributed by atoms with Crippen LogP contribution in [-0.4, -0.2) is 5.11 Å². The van der Waals surface area contributed by atoms with Crippen LogP contribution < -0.4 is 0 Å². The summed E-state index contributed by atoms with van der Waals surface area (Å²) in [6.45, 7) is 2.04. The maximum absolute atomic E-state index is 10.0. The molecule has 1 aromatic carbocycles. The molecule has 1 aromatic heterocycles. The molecule has 1 unspecified atom stereocenters. The van der Waals surface area contributed by atoms with Crippen molar-refractivity contribution in [3.8, 4) is 0 Å². The van der Waals surface area contributed by atoms with Crippen LogP contribution in [0, 0.1) is 6.92 Å². The van der Waals surface area contributed by atoms with Gasteiger partial charge in [0.1, 0.15) is 0 Å². The summed E-state index contributed by atoms with van der Waals surface area (Å²) in [5.74, 6) is 0. The van der Waals surface area contributed by atoms with Crippen molar-refractivity contribution < 1.29 is 5.11 Å². The summed E-state index contributed by atoms with van der Waals surface area (Å²) in [5.41, 5.74) is 2.20. The summed E-state index contributed by atoms with van der Waals surface area (Å²) in [7, 11) is 0. The molecule has 0 aliphatic rings. The molecule has 1 N–H and O–H groups in total. The van der Waals surface area contributed by atoms with Gasteiger partial charge in [-0.05, 0) is 23.9 Å². The number of hydrogen-bond acceptors (Lipinski definition) is 2. The molecule has 0 saturated carbocycles. The van der Waals surface area contributed by atoms with Gasteiger partial charge in [-0.15, -0.1) is 11.3 Å². The van der Waals surface area contributed by atoms with E-state index in [1.807, 2.05) is 42.6 Å². The molecule has 78 valence electrons. The van der Waals surface area contributed by atoms with E-state index in [4.69, 9.17) is 0 Å². The van der Waals surface area contributed by atoms with Gasteiger partial charge in [0.15, 0.2) is 0 Å². The van der Waals surface area contributed by atoms with Crippen LogP contribution in [0.5, 0.6) is 0 Å². The van der Waals surface area contributed by atoms with Gasteiger partial charge in [-0.1, -0.05) is 35.9 Å². The number of rotatable bonds is 3. The lowest BCUT2D eigenvalue weighted by atomic mass is 10.0. The highest BCUT2D eigenvalue weighted by Gasteiger charge is 2.08. The van der Waals surface area contributed by atoms with Gasteiger partial charge >= 0.3 is 0 Å². The van der Waals surface area contributed by atoms with Gasteiger partial charge in [0.2, 0.25) is 0 Å². The van der Waals surface area contributed by atoms with Crippen molar-refractivity contribution in [2.75, 3.05) is 0 Å². The number of aliphatic hydroxyl groups is 1. The topological polar surface area (TPSA) is 20.2 Å². The SMILES string of the molecule is Cc1cccc(C(O)Cc2cccs2)c1. The predicted octanol–water partition coefficient (Wildman–Crippen LogP) is 3.33. The molecule has 0 saturated heterocycles.